The van der Waals surface area contributed by atoms with Crippen molar-refractivity contribution in [2.45, 2.75) is 78.0 Å². The predicted molar refractivity (Wildman–Crippen MR) is 80.0 cm³/mol. The molecule has 1 fully saturated rings. The first-order chi connectivity index (χ1) is 9.12. The summed E-state index contributed by atoms with van der Waals surface area (Å²) in [6.45, 7) is 15.8. The lowest BCUT2D eigenvalue weighted by molar-refractivity contribution is -0.0698. The van der Waals surface area contributed by atoms with Gasteiger partial charge >= 0.3 is 0 Å². The fourth-order valence-electron chi connectivity index (χ4n) is 3.49. The van der Waals surface area contributed by atoms with Crippen molar-refractivity contribution < 1.29 is 9.26 Å². The molecule has 4 nitrogen and oxygen atoms in total. The summed E-state index contributed by atoms with van der Waals surface area (Å²) in [5.74, 6) is 1.32. The molecule has 1 saturated heterocycles. The van der Waals surface area contributed by atoms with Crippen LogP contribution < -0.4 is 5.32 Å². The van der Waals surface area contributed by atoms with Crippen molar-refractivity contribution in [3.05, 3.63) is 17.0 Å². The molecule has 20 heavy (non-hydrogen) atoms. The minimum Gasteiger partial charge on any atom is -0.368 e. The summed E-state index contributed by atoms with van der Waals surface area (Å²) < 4.78 is 11.4. The van der Waals surface area contributed by atoms with Crippen LogP contribution in [0.3, 0.4) is 0 Å². The average Bonchev–Trinajstić information content (AvgIpc) is 2.72. The first-order valence-electron chi connectivity index (χ1n) is 7.49. The number of rotatable bonds is 4. The minimum absolute atomic E-state index is 0.0482. The minimum atomic E-state index is -0.123. The maximum absolute atomic E-state index is 6.13. The molecule has 2 heterocycles. The van der Waals surface area contributed by atoms with E-state index in [4.69, 9.17) is 9.26 Å². The number of hydrogen-bond acceptors (Lipinski definition) is 4. The van der Waals surface area contributed by atoms with Gasteiger partial charge in [0.05, 0.1) is 16.9 Å². The van der Waals surface area contributed by atoms with Gasteiger partial charge in [-0.25, -0.2) is 0 Å². The smallest absolute Gasteiger partial charge is 0.137 e. The summed E-state index contributed by atoms with van der Waals surface area (Å²) in [5, 5.41) is 7.72. The molecular formula is C16H28N2O2. The molecule has 1 aromatic heterocycles. The van der Waals surface area contributed by atoms with Crippen LogP contribution in [-0.2, 0) is 4.74 Å². The molecule has 0 radical (unpaired) electrons. The van der Waals surface area contributed by atoms with E-state index < -0.39 is 0 Å². The first kappa shape index (κ1) is 15.5. The van der Waals surface area contributed by atoms with Crippen molar-refractivity contribution in [1.29, 1.82) is 0 Å². The Morgan fingerprint density at radius 3 is 2.40 bits per heavy atom. The van der Waals surface area contributed by atoms with Crippen LogP contribution in [0.5, 0.6) is 0 Å². The Bertz CT molecular complexity index is 457. The Hall–Kier alpha value is -0.870. The third-order valence-electron chi connectivity index (χ3n) is 4.33. The molecule has 0 aliphatic carbocycles. The number of nitrogens with one attached hydrogen (secondary N) is 1. The topological polar surface area (TPSA) is 47.3 Å². The lowest BCUT2D eigenvalue weighted by atomic mass is 9.93. The molecule has 1 aliphatic heterocycles. The monoisotopic (exact) mass is 280 g/mol. The van der Waals surface area contributed by atoms with E-state index in [0.29, 0.717) is 12.0 Å². The highest BCUT2D eigenvalue weighted by atomic mass is 16.5. The summed E-state index contributed by atoms with van der Waals surface area (Å²) in [6, 6.07) is 0.375. The SMILES string of the molecule is Cc1noc(C)c1C(C)CNC1CC(C)(C)OC1(C)C. The second-order valence-electron chi connectivity index (χ2n) is 7.27. The number of ether oxygens (including phenoxy) is 1. The van der Waals surface area contributed by atoms with Gasteiger partial charge in [-0.15, -0.1) is 0 Å². The molecule has 1 N–H and O–H groups in total. The van der Waals surface area contributed by atoms with Gasteiger partial charge in [-0.05, 0) is 53.9 Å². The number of aryl methyl sites for hydroxylation is 2. The van der Waals surface area contributed by atoms with Gasteiger partial charge in [0.1, 0.15) is 5.76 Å². The summed E-state index contributed by atoms with van der Waals surface area (Å²) in [5.41, 5.74) is 2.06. The van der Waals surface area contributed by atoms with Gasteiger partial charge in [0.25, 0.3) is 0 Å². The van der Waals surface area contributed by atoms with Crippen LogP contribution in [0.25, 0.3) is 0 Å². The summed E-state index contributed by atoms with van der Waals surface area (Å²) in [7, 11) is 0. The largest absolute Gasteiger partial charge is 0.368 e. The molecule has 0 bridgehead atoms. The van der Waals surface area contributed by atoms with Gasteiger partial charge in [-0.1, -0.05) is 12.1 Å². The molecule has 2 unspecified atom stereocenters. The molecule has 0 amide bonds. The van der Waals surface area contributed by atoms with Crippen LogP contribution in [0.15, 0.2) is 4.52 Å². The predicted octanol–water partition coefficient (Wildman–Crippen LogP) is 3.33. The molecule has 2 atom stereocenters. The van der Waals surface area contributed by atoms with E-state index in [1.165, 1.54) is 5.56 Å². The lowest BCUT2D eigenvalue weighted by Crippen LogP contribution is -2.44. The highest BCUT2D eigenvalue weighted by molar-refractivity contribution is 5.25. The standard InChI is InChI=1S/C16H28N2O2/c1-10(14-11(2)18-19-12(14)3)9-17-13-8-15(4,5)20-16(13,6)7/h10,13,17H,8-9H2,1-7H3. The van der Waals surface area contributed by atoms with Crippen LogP contribution in [0.1, 0.15) is 64.0 Å². The van der Waals surface area contributed by atoms with Crippen molar-refractivity contribution in [1.82, 2.24) is 10.5 Å². The van der Waals surface area contributed by atoms with Crippen LogP contribution in [0.2, 0.25) is 0 Å². The zero-order valence-electron chi connectivity index (χ0n) is 13.8. The van der Waals surface area contributed by atoms with Crippen LogP contribution in [0, 0.1) is 13.8 Å². The fraction of sp³-hybridized carbons (Fsp3) is 0.812. The number of nitrogens with zero attached hydrogens (tertiary/aromatic N) is 1. The number of hydrogen-bond donors (Lipinski definition) is 1. The third-order valence-corrected chi connectivity index (χ3v) is 4.33. The van der Waals surface area contributed by atoms with Crippen molar-refractivity contribution in [2.24, 2.45) is 0 Å². The van der Waals surface area contributed by atoms with E-state index in [2.05, 4.69) is 45.1 Å². The normalized spacial score (nSPS) is 25.9. The summed E-state index contributed by atoms with van der Waals surface area (Å²) in [6.07, 6.45) is 1.04. The van der Waals surface area contributed by atoms with Gasteiger partial charge in [-0.3, -0.25) is 0 Å². The second-order valence-corrected chi connectivity index (χ2v) is 7.27. The summed E-state index contributed by atoms with van der Waals surface area (Å²) in [4.78, 5) is 0. The zero-order valence-corrected chi connectivity index (χ0v) is 13.8. The first-order valence-corrected chi connectivity index (χ1v) is 7.49. The molecular weight excluding hydrogens is 252 g/mol. The van der Waals surface area contributed by atoms with E-state index in [1.807, 2.05) is 13.8 Å². The van der Waals surface area contributed by atoms with Crippen LogP contribution in [-0.4, -0.2) is 28.9 Å². The quantitative estimate of drug-likeness (QED) is 0.919. The maximum atomic E-state index is 6.13. The molecule has 1 aliphatic rings. The van der Waals surface area contributed by atoms with Gasteiger partial charge in [0.15, 0.2) is 0 Å². The van der Waals surface area contributed by atoms with E-state index in [9.17, 15) is 0 Å². The fourth-order valence-corrected chi connectivity index (χ4v) is 3.49. The van der Waals surface area contributed by atoms with Crippen molar-refractivity contribution in [3.63, 3.8) is 0 Å². The molecule has 2 rings (SSSR count). The maximum Gasteiger partial charge on any atom is 0.137 e. The van der Waals surface area contributed by atoms with Gasteiger partial charge < -0.3 is 14.6 Å². The second kappa shape index (κ2) is 5.15. The highest BCUT2D eigenvalue weighted by Gasteiger charge is 2.45. The van der Waals surface area contributed by atoms with E-state index in [1.54, 1.807) is 0 Å². The van der Waals surface area contributed by atoms with Crippen molar-refractivity contribution in [3.8, 4) is 0 Å². The average molecular weight is 280 g/mol. The molecule has 114 valence electrons. The molecule has 4 heteroatoms. The molecule has 0 aromatic carbocycles. The van der Waals surface area contributed by atoms with Crippen LogP contribution >= 0.6 is 0 Å². The third kappa shape index (κ3) is 3.07. The van der Waals surface area contributed by atoms with Gasteiger partial charge in [0, 0.05) is 18.2 Å². The number of aromatic nitrogens is 1. The Balaban J connectivity index is 1.99. The van der Waals surface area contributed by atoms with Crippen molar-refractivity contribution in [2.75, 3.05) is 6.54 Å². The Kier molecular flexibility index (Phi) is 4.00. The Morgan fingerprint density at radius 2 is 1.95 bits per heavy atom. The lowest BCUT2D eigenvalue weighted by Gasteiger charge is -2.28. The summed E-state index contributed by atoms with van der Waals surface area (Å²) >= 11 is 0. The zero-order chi connectivity index (χ0) is 15.1. The van der Waals surface area contributed by atoms with Crippen LogP contribution in [0.4, 0.5) is 0 Å². The highest BCUT2D eigenvalue weighted by Crippen LogP contribution is 2.37. The molecule has 1 aromatic rings. The van der Waals surface area contributed by atoms with E-state index >= 15 is 0 Å². The molecule has 0 saturated carbocycles. The molecule has 0 spiro atoms. The van der Waals surface area contributed by atoms with Gasteiger partial charge in [0.2, 0.25) is 0 Å². The Morgan fingerprint density at radius 1 is 1.30 bits per heavy atom. The van der Waals surface area contributed by atoms with E-state index in [-0.39, 0.29) is 11.2 Å². The van der Waals surface area contributed by atoms with E-state index in [0.717, 1.165) is 24.4 Å². The van der Waals surface area contributed by atoms with Crippen molar-refractivity contribution >= 4 is 0 Å². The Labute approximate surface area is 122 Å². The van der Waals surface area contributed by atoms with Gasteiger partial charge in [-0.2, -0.15) is 0 Å².